The van der Waals surface area contributed by atoms with Gasteiger partial charge in [0.05, 0.1) is 29.0 Å². The molecule has 0 saturated carbocycles. The van der Waals surface area contributed by atoms with Crippen LogP contribution in [0.1, 0.15) is 18.2 Å². The van der Waals surface area contributed by atoms with Crippen LogP contribution in [0.15, 0.2) is 40.5 Å². The lowest BCUT2D eigenvalue weighted by Gasteiger charge is -2.41. The number of aliphatic imine (C=N–C) groups is 1. The summed E-state index contributed by atoms with van der Waals surface area (Å²) in [6, 6.07) is 4.21. The van der Waals surface area contributed by atoms with E-state index in [1.807, 2.05) is 6.20 Å². The summed E-state index contributed by atoms with van der Waals surface area (Å²) in [7, 11) is 0. The van der Waals surface area contributed by atoms with Gasteiger partial charge in [-0.05, 0) is 23.9 Å². The van der Waals surface area contributed by atoms with E-state index in [2.05, 4.69) is 45.6 Å². The summed E-state index contributed by atoms with van der Waals surface area (Å²) in [4.78, 5) is 10.7. The maximum absolute atomic E-state index is 8.42. The summed E-state index contributed by atoms with van der Waals surface area (Å²) in [6.45, 7) is 6.80. The summed E-state index contributed by atoms with van der Waals surface area (Å²) in [5.41, 5.74) is 3.10. The quantitative estimate of drug-likeness (QED) is 0.869. The molecule has 0 bridgehead atoms. The van der Waals surface area contributed by atoms with Gasteiger partial charge >= 0.3 is 0 Å². The summed E-state index contributed by atoms with van der Waals surface area (Å²) in [6.07, 6.45) is 5.22. The summed E-state index contributed by atoms with van der Waals surface area (Å²) in [5, 5.41) is 13.9. The van der Waals surface area contributed by atoms with Gasteiger partial charge in [0.2, 0.25) is 0 Å². The second-order valence-corrected chi connectivity index (χ2v) is 7.31. The molecule has 5 nitrogen and oxygen atoms in total. The fourth-order valence-corrected chi connectivity index (χ4v) is 4.27. The van der Waals surface area contributed by atoms with E-state index in [0.29, 0.717) is 6.54 Å². The monoisotopic (exact) mass is 341 g/mol. The number of amidine groups is 1. The molecule has 3 aliphatic rings. The molecule has 0 spiro atoms. The van der Waals surface area contributed by atoms with Crippen LogP contribution in [0.5, 0.6) is 0 Å². The molecule has 0 aromatic carbocycles. The lowest BCUT2D eigenvalue weighted by molar-refractivity contribution is 0.349. The Kier molecular flexibility index (Phi) is 4.24. The SMILES string of the molecule is CCC1C=C2C(N3CCNCC3)=NC=C(c3cccs3)N2CC1=N. The number of hydrogen-bond donors (Lipinski definition) is 2. The molecule has 1 saturated heterocycles. The molecule has 0 aliphatic carbocycles. The molecule has 4 rings (SSSR count). The lowest BCUT2D eigenvalue weighted by Crippen LogP contribution is -2.51. The molecule has 3 aliphatic heterocycles. The van der Waals surface area contributed by atoms with Crippen LogP contribution in [0.3, 0.4) is 0 Å². The number of piperazine rings is 1. The maximum atomic E-state index is 8.42. The van der Waals surface area contributed by atoms with E-state index in [9.17, 15) is 0 Å². The molecule has 2 N–H and O–H groups in total. The Morgan fingerprint density at radius 2 is 2.17 bits per heavy atom. The van der Waals surface area contributed by atoms with Crippen molar-refractivity contribution in [2.75, 3.05) is 32.7 Å². The molecule has 1 atom stereocenters. The molecule has 6 heteroatoms. The predicted molar refractivity (Wildman–Crippen MR) is 100 cm³/mol. The highest BCUT2D eigenvalue weighted by molar-refractivity contribution is 7.11. The zero-order valence-corrected chi connectivity index (χ0v) is 14.8. The van der Waals surface area contributed by atoms with Crippen LogP contribution in [0, 0.1) is 11.3 Å². The van der Waals surface area contributed by atoms with Crippen LogP contribution < -0.4 is 5.32 Å². The van der Waals surface area contributed by atoms with Crippen LogP contribution in [-0.2, 0) is 0 Å². The number of fused-ring (bicyclic) bond motifs is 1. The van der Waals surface area contributed by atoms with Crippen molar-refractivity contribution in [3.8, 4) is 0 Å². The largest absolute Gasteiger partial charge is 0.352 e. The van der Waals surface area contributed by atoms with Crippen molar-refractivity contribution in [1.29, 1.82) is 5.41 Å². The molecule has 0 radical (unpaired) electrons. The normalized spacial score (nSPS) is 24.3. The third-order valence-electron chi connectivity index (χ3n) is 4.88. The minimum Gasteiger partial charge on any atom is -0.352 e. The first-order valence-electron chi connectivity index (χ1n) is 8.62. The van der Waals surface area contributed by atoms with Crippen molar-refractivity contribution in [2.45, 2.75) is 13.3 Å². The Labute approximate surface area is 146 Å². The number of hydrogen-bond acceptors (Lipinski definition) is 6. The Balaban J connectivity index is 1.76. The van der Waals surface area contributed by atoms with E-state index < -0.39 is 0 Å². The zero-order chi connectivity index (χ0) is 16.5. The molecule has 1 aromatic rings. The van der Waals surface area contributed by atoms with Crippen LogP contribution in [0.4, 0.5) is 0 Å². The highest BCUT2D eigenvalue weighted by Gasteiger charge is 2.33. The molecular weight excluding hydrogens is 318 g/mol. The first-order chi connectivity index (χ1) is 11.8. The van der Waals surface area contributed by atoms with Gasteiger partial charge in [-0.25, -0.2) is 4.99 Å². The van der Waals surface area contributed by atoms with Crippen LogP contribution >= 0.6 is 11.3 Å². The van der Waals surface area contributed by atoms with Gasteiger partial charge < -0.3 is 20.5 Å². The topological polar surface area (TPSA) is 54.7 Å². The van der Waals surface area contributed by atoms with Crippen LogP contribution in [0.2, 0.25) is 0 Å². The highest BCUT2D eigenvalue weighted by atomic mass is 32.1. The summed E-state index contributed by atoms with van der Waals surface area (Å²) < 4.78 is 0. The van der Waals surface area contributed by atoms with Crippen LogP contribution in [-0.4, -0.2) is 54.1 Å². The average Bonchev–Trinajstić information content (AvgIpc) is 3.15. The fourth-order valence-electron chi connectivity index (χ4n) is 3.53. The van der Waals surface area contributed by atoms with Gasteiger partial charge in [0, 0.05) is 37.8 Å². The Morgan fingerprint density at radius 3 is 2.88 bits per heavy atom. The third kappa shape index (κ3) is 2.70. The van der Waals surface area contributed by atoms with E-state index in [1.165, 1.54) is 10.6 Å². The molecular formula is C18H23N5S. The molecule has 1 aromatic heterocycles. The van der Waals surface area contributed by atoms with Gasteiger partial charge in [-0.15, -0.1) is 11.3 Å². The highest BCUT2D eigenvalue weighted by Crippen LogP contribution is 2.35. The molecule has 4 heterocycles. The standard InChI is InChI=1S/C18H23N5S/c1-2-13-10-15-18(22-7-5-20-6-8-22)21-11-16(17-4-3-9-24-17)23(15)12-14(13)19/h3-4,9-11,13,19-20H,2,5-8,12H2,1H3. The van der Waals surface area contributed by atoms with Crippen LogP contribution in [0.25, 0.3) is 5.70 Å². The van der Waals surface area contributed by atoms with Gasteiger partial charge in [-0.1, -0.05) is 13.0 Å². The van der Waals surface area contributed by atoms with Gasteiger partial charge in [0.1, 0.15) is 0 Å². The van der Waals surface area contributed by atoms with Crippen molar-refractivity contribution >= 4 is 28.6 Å². The van der Waals surface area contributed by atoms with E-state index in [1.54, 1.807) is 11.3 Å². The van der Waals surface area contributed by atoms with E-state index >= 15 is 0 Å². The smallest absolute Gasteiger partial charge is 0.152 e. The third-order valence-corrected chi connectivity index (χ3v) is 5.78. The Hall–Kier alpha value is -1.92. The van der Waals surface area contributed by atoms with E-state index in [0.717, 1.165) is 49.8 Å². The first kappa shape index (κ1) is 15.6. The minimum atomic E-state index is 0.229. The molecule has 0 amide bonds. The van der Waals surface area contributed by atoms with Crippen molar-refractivity contribution in [2.24, 2.45) is 10.9 Å². The lowest BCUT2D eigenvalue weighted by atomic mass is 9.93. The Morgan fingerprint density at radius 1 is 1.33 bits per heavy atom. The summed E-state index contributed by atoms with van der Waals surface area (Å²) >= 11 is 1.73. The number of allylic oxidation sites excluding steroid dienone is 1. The number of nitrogens with one attached hydrogen (secondary N) is 2. The van der Waals surface area contributed by atoms with Gasteiger partial charge in [0.25, 0.3) is 0 Å². The summed E-state index contributed by atoms with van der Waals surface area (Å²) in [5.74, 6) is 1.30. The fraction of sp³-hybridized carbons (Fsp3) is 0.444. The number of thiophene rings is 1. The van der Waals surface area contributed by atoms with Gasteiger partial charge in [0.15, 0.2) is 5.84 Å². The first-order valence-corrected chi connectivity index (χ1v) is 9.50. The maximum Gasteiger partial charge on any atom is 0.152 e. The van der Waals surface area contributed by atoms with Crippen molar-refractivity contribution < 1.29 is 0 Å². The average molecular weight is 341 g/mol. The predicted octanol–water partition coefficient (Wildman–Crippen LogP) is 2.61. The van der Waals surface area contributed by atoms with Gasteiger partial charge in [-0.3, -0.25) is 0 Å². The van der Waals surface area contributed by atoms with E-state index in [4.69, 9.17) is 10.4 Å². The zero-order valence-electron chi connectivity index (χ0n) is 14.0. The molecule has 1 fully saturated rings. The van der Waals surface area contributed by atoms with Crippen molar-refractivity contribution in [3.63, 3.8) is 0 Å². The van der Waals surface area contributed by atoms with Crippen molar-refractivity contribution in [1.82, 2.24) is 15.1 Å². The second kappa shape index (κ2) is 6.53. The number of rotatable bonds is 2. The molecule has 126 valence electrons. The number of nitrogens with zero attached hydrogens (tertiary/aromatic N) is 3. The minimum absolute atomic E-state index is 0.229. The van der Waals surface area contributed by atoms with Gasteiger partial charge in [-0.2, -0.15) is 0 Å². The molecule has 24 heavy (non-hydrogen) atoms. The molecule has 1 unspecified atom stereocenters. The van der Waals surface area contributed by atoms with E-state index in [-0.39, 0.29) is 5.92 Å². The second-order valence-electron chi connectivity index (χ2n) is 6.36. The Bertz CT molecular complexity index is 710. The van der Waals surface area contributed by atoms with Crippen molar-refractivity contribution in [3.05, 3.63) is 40.4 Å².